The number of carbonyl (C=O) groups is 3. The first kappa shape index (κ1) is 21.1. The number of nitrogens with one attached hydrogen (secondary N) is 2. The molecule has 2 N–H and O–H groups in total. The van der Waals surface area contributed by atoms with Crippen molar-refractivity contribution in [3.63, 3.8) is 0 Å². The molecule has 0 bridgehead atoms. The van der Waals surface area contributed by atoms with Gasteiger partial charge >= 0.3 is 11.8 Å². The van der Waals surface area contributed by atoms with Crippen LogP contribution in [0, 0.1) is 0 Å². The van der Waals surface area contributed by atoms with E-state index in [2.05, 4.69) is 10.6 Å². The summed E-state index contributed by atoms with van der Waals surface area (Å²) < 4.78 is 5.75. The van der Waals surface area contributed by atoms with Crippen molar-refractivity contribution in [2.45, 2.75) is 38.2 Å². The van der Waals surface area contributed by atoms with Crippen LogP contribution < -0.4 is 15.5 Å². The van der Waals surface area contributed by atoms with Gasteiger partial charge < -0.3 is 20.3 Å². The third-order valence-corrected chi connectivity index (χ3v) is 6.27. The molecule has 2 heterocycles. The maximum Gasteiger partial charge on any atom is 0.313 e. The van der Waals surface area contributed by atoms with Crippen LogP contribution in [0.4, 0.5) is 11.4 Å². The molecule has 4 rings (SSSR count). The second-order valence-electron chi connectivity index (χ2n) is 8.02. The molecule has 162 valence electrons. The van der Waals surface area contributed by atoms with Crippen LogP contribution in [0.1, 0.15) is 36.5 Å². The highest BCUT2D eigenvalue weighted by atomic mass is 16.5. The minimum absolute atomic E-state index is 0.0913. The Morgan fingerprint density at radius 1 is 1.13 bits per heavy atom. The number of anilines is 2. The van der Waals surface area contributed by atoms with Gasteiger partial charge in [0, 0.05) is 19.3 Å². The fourth-order valence-corrected chi connectivity index (χ4v) is 4.55. The van der Waals surface area contributed by atoms with Gasteiger partial charge in [-0.3, -0.25) is 14.4 Å². The molecule has 0 saturated heterocycles. The molecule has 3 amide bonds. The Morgan fingerprint density at radius 3 is 2.58 bits per heavy atom. The number of ether oxygens (including phenoxy) is 1. The van der Waals surface area contributed by atoms with Crippen molar-refractivity contribution in [1.82, 2.24) is 5.32 Å². The van der Waals surface area contributed by atoms with Gasteiger partial charge in [-0.15, -0.1) is 0 Å². The topological polar surface area (TPSA) is 87.7 Å². The van der Waals surface area contributed by atoms with Gasteiger partial charge in [-0.2, -0.15) is 0 Å². The molecule has 0 saturated carbocycles. The van der Waals surface area contributed by atoms with Gasteiger partial charge in [0.05, 0.1) is 18.7 Å². The summed E-state index contributed by atoms with van der Waals surface area (Å²) >= 11 is 0. The van der Waals surface area contributed by atoms with Gasteiger partial charge in [0.2, 0.25) is 5.91 Å². The zero-order valence-electron chi connectivity index (χ0n) is 17.9. The molecule has 1 atom stereocenters. The van der Waals surface area contributed by atoms with E-state index in [0.717, 1.165) is 41.8 Å². The number of nitrogens with zero attached hydrogens (tertiary/aromatic N) is 1. The number of methoxy groups -OCH3 is 1. The maximum absolute atomic E-state index is 12.5. The lowest BCUT2D eigenvalue weighted by atomic mass is 9.90. The number of aryl methyl sites for hydroxylation is 1. The van der Waals surface area contributed by atoms with E-state index >= 15 is 0 Å². The van der Waals surface area contributed by atoms with Crippen molar-refractivity contribution in [2.75, 3.05) is 30.4 Å². The van der Waals surface area contributed by atoms with Crippen LogP contribution >= 0.6 is 0 Å². The summed E-state index contributed by atoms with van der Waals surface area (Å²) in [5.41, 5.74) is 3.70. The zero-order valence-corrected chi connectivity index (χ0v) is 17.9. The normalized spacial score (nSPS) is 16.5. The molecule has 0 aromatic heterocycles. The van der Waals surface area contributed by atoms with Gasteiger partial charge in [0.1, 0.15) is 5.60 Å². The van der Waals surface area contributed by atoms with Crippen molar-refractivity contribution in [3.05, 3.63) is 59.2 Å². The van der Waals surface area contributed by atoms with Gasteiger partial charge in [-0.05, 0) is 48.1 Å². The van der Waals surface area contributed by atoms with Crippen LogP contribution in [0.25, 0.3) is 0 Å². The highest BCUT2D eigenvalue weighted by molar-refractivity contribution is 6.39. The lowest BCUT2D eigenvalue weighted by Gasteiger charge is -2.32. The van der Waals surface area contributed by atoms with E-state index in [-0.39, 0.29) is 12.5 Å². The number of benzene rings is 2. The highest BCUT2D eigenvalue weighted by Gasteiger charge is 2.33. The third-order valence-electron chi connectivity index (χ3n) is 6.27. The zero-order chi connectivity index (χ0) is 22.0. The average Bonchev–Trinajstić information content (AvgIpc) is 3.12. The minimum atomic E-state index is -0.738. The van der Waals surface area contributed by atoms with E-state index in [1.807, 2.05) is 48.2 Å². The van der Waals surface area contributed by atoms with Crippen LogP contribution in [-0.2, 0) is 37.6 Å². The first-order valence-corrected chi connectivity index (χ1v) is 10.6. The average molecular weight is 421 g/mol. The summed E-state index contributed by atoms with van der Waals surface area (Å²) in [5.74, 6) is -1.37. The Balaban J connectivity index is 1.44. The van der Waals surface area contributed by atoms with Crippen molar-refractivity contribution in [2.24, 2.45) is 0 Å². The molecule has 2 aromatic carbocycles. The SMILES string of the molecule is CCC(CNC(=O)C(=O)Nc1cc2c3c(c1)CC(=O)N3CCC2)(OC)c1ccccc1. The summed E-state index contributed by atoms with van der Waals surface area (Å²) in [6.45, 7) is 2.89. The summed E-state index contributed by atoms with van der Waals surface area (Å²) in [4.78, 5) is 39.1. The smallest absolute Gasteiger partial charge is 0.313 e. The number of carbonyl (C=O) groups excluding carboxylic acids is 3. The van der Waals surface area contributed by atoms with E-state index in [0.29, 0.717) is 18.5 Å². The maximum atomic E-state index is 12.5. The van der Waals surface area contributed by atoms with Crippen molar-refractivity contribution in [3.8, 4) is 0 Å². The van der Waals surface area contributed by atoms with Crippen LogP contribution in [-0.4, -0.2) is 37.9 Å². The fraction of sp³-hybridized carbons (Fsp3) is 0.375. The summed E-state index contributed by atoms with van der Waals surface area (Å²) in [7, 11) is 1.60. The molecule has 0 fully saturated rings. The van der Waals surface area contributed by atoms with Gasteiger partial charge in [0.15, 0.2) is 0 Å². The highest BCUT2D eigenvalue weighted by Crippen LogP contribution is 2.38. The van der Waals surface area contributed by atoms with Crippen molar-refractivity contribution >= 4 is 29.1 Å². The molecule has 2 aliphatic heterocycles. The lowest BCUT2D eigenvalue weighted by Crippen LogP contribution is -2.45. The third kappa shape index (κ3) is 3.93. The summed E-state index contributed by atoms with van der Waals surface area (Å²) in [6.07, 6.45) is 2.72. The Hall–Kier alpha value is -3.19. The predicted molar refractivity (Wildman–Crippen MR) is 118 cm³/mol. The first-order chi connectivity index (χ1) is 15.0. The summed E-state index contributed by atoms with van der Waals surface area (Å²) in [6, 6.07) is 13.3. The van der Waals surface area contributed by atoms with Crippen LogP contribution in [0.5, 0.6) is 0 Å². The van der Waals surface area contributed by atoms with Crippen LogP contribution in [0.15, 0.2) is 42.5 Å². The van der Waals surface area contributed by atoms with E-state index in [4.69, 9.17) is 4.74 Å². The fourth-order valence-electron chi connectivity index (χ4n) is 4.55. The number of hydrogen-bond acceptors (Lipinski definition) is 4. The molecule has 0 aliphatic carbocycles. The molecule has 2 aliphatic rings. The molecule has 2 aromatic rings. The second-order valence-corrected chi connectivity index (χ2v) is 8.02. The standard InChI is InChI=1S/C24H27N3O4/c1-3-24(31-2,18-9-5-4-6-10-18)15-25-22(29)23(30)26-19-12-16-8-7-11-27-20(28)14-17(13-19)21(16)27/h4-6,9-10,12-13H,3,7-8,11,14-15H2,1-2H3,(H,25,29)(H,26,30). The van der Waals surface area contributed by atoms with Gasteiger partial charge in [-0.25, -0.2) is 0 Å². The van der Waals surface area contributed by atoms with E-state index in [1.165, 1.54) is 0 Å². The van der Waals surface area contributed by atoms with Gasteiger partial charge in [-0.1, -0.05) is 37.3 Å². The molecular formula is C24H27N3O4. The largest absolute Gasteiger partial charge is 0.372 e. The van der Waals surface area contributed by atoms with E-state index < -0.39 is 17.4 Å². The lowest BCUT2D eigenvalue weighted by molar-refractivity contribution is -0.137. The first-order valence-electron chi connectivity index (χ1n) is 10.6. The van der Waals surface area contributed by atoms with Crippen LogP contribution in [0.2, 0.25) is 0 Å². The summed E-state index contributed by atoms with van der Waals surface area (Å²) in [5, 5.41) is 5.40. The van der Waals surface area contributed by atoms with Crippen molar-refractivity contribution < 1.29 is 19.1 Å². The minimum Gasteiger partial charge on any atom is -0.372 e. The Morgan fingerprint density at radius 2 is 1.87 bits per heavy atom. The molecular weight excluding hydrogens is 394 g/mol. The Bertz CT molecular complexity index is 1010. The molecule has 7 nitrogen and oxygen atoms in total. The van der Waals surface area contributed by atoms with Crippen molar-refractivity contribution in [1.29, 1.82) is 0 Å². The number of hydrogen-bond donors (Lipinski definition) is 2. The second kappa shape index (κ2) is 8.51. The van der Waals surface area contributed by atoms with E-state index in [1.54, 1.807) is 13.2 Å². The monoisotopic (exact) mass is 421 g/mol. The Labute approximate surface area is 181 Å². The van der Waals surface area contributed by atoms with Crippen LogP contribution in [0.3, 0.4) is 0 Å². The molecule has 0 spiro atoms. The molecule has 0 radical (unpaired) electrons. The molecule has 1 unspecified atom stereocenters. The quantitative estimate of drug-likeness (QED) is 0.702. The number of rotatable bonds is 6. The van der Waals surface area contributed by atoms with Gasteiger partial charge in [0.25, 0.3) is 0 Å². The molecule has 31 heavy (non-hydrogen) atoms. The van der Waals surface area contributed by atoms with E-state index in [9.17, 15) is 14.4 Å². The number of amides is 3. The Kier molecular flexibility index (Phi) is 5.78. The molecule has 7 heteroatoms. The predicted octanol–water partition coefficient (Wildman–Crippen LogP) is 2.53.